The second-order valence-corrected chi connectivity index (χ2v) is 7.81. The number of H-pyrrole nitrogens is 1. The predicted molar refractivity (Wildman–Crippen MR) is 106 cm³/mol. The Hall–Kier alpha value is -3.27. The van der Waals surface area contributed by atoms with Crippen molar-refractivity contribution in [3.8, 4) is 0 Å². The average molecular weight is 394 g/mol. The highest BCUT2D eigenvalue weighted by Gasteiger charge is 2.18. The number of hydrogen-bond donors (Lipinski definition) is 1. The molecule has 5 rings (SSSR count). The largest absolute Gasteiger partial charge is 0.323 e. The van der Waals surface area contributed by atoms with E-state index in [1.54, 1.807) is 28.4 Å². The van der Waals surface area contributed by atoms with Crippen molar-refractivity contribution in [2.45, 2.75) is 19.4 Å². The molecule has 0 aromatic carbocycles. The van der Waals surface area contributed by atoms with E-state index in [1.165, 1.54) is 4.68 Å². The zero-order valence-electron chi connectivity index (χ0n) is 15.5. The Morgan fingerprint density at radius 3 is 2.86 bits per heavy atom. The summed E-state index contributed by atoms with van der Waals surface area (Å²) in [5.41, 5.74) is 3.23. The second kappa shape index (κ2) is 6.41. The molecule has 5 heterocycles. The van der Waals surface area contributed by atoms with Crippen LogP contribution in [0.15, 0.2) is 35.5 Å². The second-order valence-electron chi connectivity index (χ2n) is 6.73. The highest BCUT2D eigenvalue weighted by molar-refractivity contribution is 7.19. The van der Waals surface area contributed by atoms with Gasteiger partial charge in [0, 0.05) is 44.7 Å². The molecule has 28 heavy (non-hydrogen) atoms. The van der Waals surface area contributed by atoms with Gasteiger partial charge < -0.3 is 4.57 Å². The zero-order chi connectivity index (χ0) is 19.3. The number of thiazole rings is 1. The summed E-state index contributed by atoms with van der Waals surface area (Å²) in [5, 5.41) is 17.6. The first-order valence-corrected chi connectivity index (χ1v) is 9.73. The fourth-order valence-electron chi connectivity index (χ4n) is 3.43. The van der Waals surface area contributed by atoms with Crippen LogP contribution in [0.2, 0.25) is 0 Å². The highest BCUT2D eigenvalue weighted by Crippen LogP contribution is 2.31. The third-order valence-corrected chi connectivity index (χ3v) is 5.89. The van der Waals surface area contributed by atoms with Crippen molar-refractivity contribution >= 4 is 32.6 Å². The van der Waals surface area contributed by atoms with Crippen molar-refractivity contribution in [1.82, 2.24) is 39.3 Å². The number of fused-ring (bicyclic) bond motifs is 3. The molecule has 0 spiro atoms. The summed E-state index contributed by atoms with van der Waals surface area (Å²) in [6.07, 6.45) is 6.79. The summed E-state index contributed by atoms with van der Waals surface area (Å²) in [7, 11) is 3.76. The molecule has 0 aliphatic carbocycles. The molecule has 0 saturated heterocycles. The highest BCUT2D eigenvalue weighted by atomic mass is 32.1. The van der Waals surface area contributed by atoms with Gasteiger partial charge in [-0.2, -0.15) is 15.3 Å². The van der Waals surface area contributed by atoms with E-state index in [1.807, 2.05) is 37.0 Å². The van der Waals surface area contributed by atoms with Crippen LogP contribution < -0.4 is 5.56 Å². The van der Waals surface area contributed by atoms with Crippen molar-refractivity contribution in [3.05, 3.63) is 57.5 Å². The molecular formula is C18H18N8OS. The van der Waals surface area contributed by atoms with E-state index in [2.05, 4.69) is 20.4 Å². The molecule has 1 N–H and O–H groups in total. The van der Waals surface area contributed by atoms with Crippen LogP contribution in [0, 0.1) is 0 Å². The maximum Gasteiger partial charge on any atom is 0.291 e. The molecule has 0 fully saturated rings. The smallest absolute Gasteiger partial charge is 0.291 e. The third-order valence-electron chi connectivity index (χ3n) is 4.81. The van der Waals surface area contributed by atoms with Gasteiger partial charge in [-0.05, 0) is 12.1 Å². The standard InChI is InChI=1S/C18H18N8OS/c1-24-7-4-11(23-24)5-8-26-18(27)15-13(10-20-26)16-17(25(15)2)21-14(28-16)9-12-3-6-19-22-12/h3-4,6-7,10H,5,8-9H2,1-2H3,(H,19,22). The summed E-state index contributed by atoms with van der Waals surface area (Å²) in [4.78, 5) is 17.7. The number of rotatable bonds is 5. The first-order valence-electron chi connectivity index (χ1n) is 8.91. The Bertz CT molecular complexity index is 1340. The van der Waals surface area contributed by atoms with Gasteiger partial charge in [-0.25, -0.2) is 9.67 Å². The summed E-state index contributed by atoms with van der Waals surface area (Å²) in [5.74, 6) is 0. The molecule has 0 unspecified atom stereocenters. The van der Waals surface area contributed by atoms with Crippen LogP contribution in [-0.2, 0) is 33.5 Å². The molecule has 0 saturated carbocycles. The van der Waals surface area contributed by atoms with E-state index in [9.17, 15) is 4.79 Å². The summed E-state index contributed by atoms with van der Waals surface area (Å²) < 4.78 is 6.12. The minimum atomic E-state index is -0.102. The van der Waals surface area contributed by atoms with Crippen LogP contribution >= 0.6 is 11.3 Å². The van der Waals surface area contributed by atoms with Crippen molar-refractivity contribution in [2.24, 2.45) is 14.1 Å². The molecule has 0 aliphatic heterocycles. The minimum Gasteiger partial charge on any atom is -0.323 e. The lowest BCUT2D eigenvalue weighted by Crippen LogP contribution is -2.25. The van der Waals surface area contributed by atoms with Crippen LogP contribution in [0.5, 0.6) is 0 Å². The van der Waals surface area contributed by atoms with Gasteiger partial charge in [-0.3, -0.25) is 14.6 Å². The summed E-state index contributed by atoms with van der Waals surface area (Å²) >= 11 is 1.59. The van der Waals surface area contributed by atoms with Crippen LogP contribution in [0.4, 0.5) is 0 Å². The van der Waals surface area contributed by atoms with Crippen molar-refractivity contribution in [1.29, 1.82) is 0 Å². The fraction of sp³-hybridized carbons (Fsp3) is 0.278. The van der Waals surface area contributed by atoms with E-state index in [-0.39, 0.29) is 5.56 Å². The quantitative estimate of drug-likeness (QED) is 0.488. The maximum absolute atomic E-state index is 13.0. The molecule has 0 aliphatic rings. The molecule has 9 nitrogen and oxygen atoms in total. The topological polar surface area (TPSA) is 99.2 Å². The van der Waals surface area contributed by atoms with E-state index < -0.39 is 0 Å². The first-order chi connectivity index (χ1) is 13.6. The fourth-order valence-corrected chi connectivity index (χ4v) is 4.55. The summed E-state index contributed by atoms with van der Waals surface area (Å²) in [6, 6.07) is 3.89. The molecule has 0 radical (unpaired) electrons. The maximum atomic E-state index is 13.0. The monoisotopic (exact) mass is 394 g/mol. The molecule has 5 aromatic rings. The predicted octanol–water partition coefficient (Wildman–Crippen LogP) is 1.63. The number of aromatic nitrogens is 8. The number of hydrogen-bond acceptors (Lipinski definition) is 6. The Labute approximate surface area is 163 Å². The van der Waals surface area contributed by atoms with Gasteiger partial charge in [-0.1, -0.05) is 0 Å². The van der Waals surface area contributed by atoms with Crippen molar-refractivity contribution < 1.29 is 0 Å². The lowest BCUT2D eigenvalue weighted by atomic mass is 10.3. The van der Waals surface area contributed by atoms with E-state index in [0.29, 0.717) is 24.9 Å². The molecule has 0 atom stereocenters. The van der Waals surface area contributed by atoms with Crippen LogP contribution in [0.25, 0.3) is 21.3 Å². The number of nitrogens with zero attached hydrogens (tertiary/aromatic N) is 7. The number of nitrogens with one attached hydrogen (secondary N) is 1. The van der Waals surface area contributed by atoms with Crippen LogP contribution in [0.3, 0.4) is 0 Å². The van der Waals surface area contributed by atoms with Gasteiger partial charge in [-0.15, -0.1) is 11.3 Å². The van der Waals surface area contributed by atoms with Gasteiger partial charge in [0.15, 0.2) is 5.65 Å². The van der Waals surface area contributed by atoms with Crippen molar-refractivity contribution in [2.75, 3.05) is 0 Å². The average Bonchev–Trinajstić information content (AvgIpc) is 3.44. The van der Waals surface area contributed by atoms with Crippen LogP contribution in [-0.4, -0.2) is 39.3 Å². The molecule has 142 valence electrons. The Morgan fingerprint density at radius 2 is 2.11 bits per heavy atom. The SMILES string of the molecule is Cn1ccc(CCn2ncc3c4sc(Cc5cc[nH]n5)nc4n(C)c3c2=O)n1. The first kappa shape index (κ1) is 16.9. The van der Waals surface area contributed by atoms with E-state index in [4.69, 9.17) is 4.98 Å². The van der Waals surface area contributed by atoms with E-state index in [0.717, 1.165) is 32.1 Å². The van der Waals surface area contributed by atoms with Crippen LogP contribution in [0.1, 0.15) is 16.4 Å². The minimum absolute atomic E-state index is 0.102. The molecular weight excluding hydrogens is 376 g/mol. The van der Waals surface area contributed by atoms with Gasteiger partial charge in [0.05, 0.1) is 28.8 Å². The molecule has 5 aromatic heterocycles. The van der Waals surface area contributed by atoms with Gasteiger partial charge in [0.2, 0.25) is 0 Å². The molecule has 10 heteroatoms. The Morgan fingerprint density at radius 1 is 1.21 bits per heavy atom. The Kier molecular flexibility index (Phi) is 3.86. The lowest BCUT2D eigenvalue weighted by molar-refractivity contribution is 0.572. The Balaban J connectivity index is 1.51. The van der Waals surface area contributed by atoms with Crippen molar-refractivity contribution in [3.63, 3.8) is 0 Å². The normalized spacial score (nSPS) is 11.8. The third kappa shape index (κ3) is 2.73. The number of aromatic amines is 1. The lowest BCUT2D eigenvalue weighted by Gasteiger charge is -2.04. The van der Waals surface area contributed by atoms with Gasteiger partial charge in [0.1, 0.15) is 10.5 Å². The number of aryl methyl sites for hydroxylation is 4. The molecule has 0 amide bonds. The van der Waals surface area contributed by atoms with E-state index >= 15 is 0 Å². The van der Waals surface area contributed by atoms with Gasteiger partial charge in [0.25, 0.3) is 5.56 Å². The molecule has 0 bridgehead atoms. The van der Waals surface area contributed by atoms with Gasteiger partial charge >= 0.3 is 0 Å². The summed E-state index contributed by atoms with van der Waals surface area (Å²) in [6.45, 7) is 0.489. The zero-order valence-corrected chi connectivity index (χ0v) is 16.3.